The summed E-state index contributed by atoms with van der Waals surface area (Å²) in [6.45, 7) is 7.61. The fraction of sp³-hybridized carbons (Fsp3) is 0.609. The van der Waals surface area contributed by atoms with Gasteiger partial charge in [-0.25, -0.2) is 4.79 Å². The highest BCUT2D eigenvalue weighted by molar-refractivity contribution is 9.10. The van der Waals surface area contributed by atoms with Gasteiger partial charge in [-0.3, -0.25) is 4.90 Å². The zero-order chi connectivity index (χ0) is 19.7. The molecule has 1 aromatic carbocycles. The molecule has 1 aromatic rings. The maximum Gasteiger partial charge on any atom is 0.339 e. The van der Waals surface area contributed by atoms with E-state index < -0.39 is 0 Å². The van der Waals surface area contributed by atoms with Crippen molar-refractivity contribution in [2.75, 3.05) is 26.2 Å². The second kappa shape index (κ2) is 15.7. The zero-order valence-electron chi connectivity index (χ0n) is 16.9. The van der Waals surface area contributed by atoms with Gasteiger partial charge in [-0.05, 0) is 50.2 Å². The van der Waals surface area contributed by atoms with Crippen molar-refractivity contribution >= 4 is 21.9 Å². The number of rotatable bonds is 13. The van der Waals surface area contributed by atoms with E-state index in [0.717, 1.165) is 24.1 Å². The molecule has 3 nitrogen and oxygen atoms in total. The van der Waals surface area contributed by atoms with Crippen LogP contribution in [0.4, 0.5) is 0 Å². The largest absolute Gasteiger partial charge is 0.449 e. The molecular weight excluding hydrogens is 402 g/mol. The van der Waals surface area contributed by atoms with Crippen LogP contribution >= 0.6 is 15.9 Å². The van der Waals surface area contributed by atoms with Gasteiger partial charge in [0, 0.05) is 4.47 Å². The Balaban J connectivity index is 2.34. The van der Waals surface area contributed by atoms with Crippen LogP contribution < -0.4 is 0 Å². The van der Waals surface area contributed by atoms with Crippen molar-refractivity contribution in [2.45, 2.75) is 65.2 Å². The molecule has 0 fully saturated rings. The SMILES string of the molecule is CCCCCCN(CC#CCOC(=O)c1ccc(Br)cc1)CCCCCC. The average molecular weight is 436 g/mol. The van der Waals surface area contributed by atoms with E-state index in [4.69, 9.17) is 4.74 Å². The second-order valence-electron chi connectivity index (χ2n) is 6.83. The van der Waals surface area contributed by atoms with Crippen molar-refractivity contribution in [3.05, 3.63) is 34.3 Å². The van der Waals surface area contributed by atoms with Crippen molar-refractivity contribution in [1.29, 1.82) is 0 Å². The minimum Gasteiger partial charge on any atom is -0.449 e. The first kappa shape index (κ1) is 23.7. The van der Waals surface area contributed by atoms with Gasteiger partial charge in [0.25, 0.3) is 0 Å². The van der Waals surface area contributed by atoms with Crippen molar-refractivity contribution in [2.24, 2.45) is 0 Å². The van der Waals surface area contributed by atoms with E-state index in [0.29, 0.717) is 5.56 Å². The van der Waals surface area contributed by atoms with Crippen LogP contribution in [0, 0.1) is 11.8 Å². The molecule has 27 heavy (non-hydrogen) atoms. The molecule has 0 atom stereocenters. The van der Waals surface area contributed by atoms with Crippen LogP contribution in [0.15, 0.2) is 28.7 Å². The van der Waals surface area contributed by atoms with Gasteiger partial charge in [0.1, 0.15) is 0 Å². The molecule has 0 aliphatic rings. The summed E-state index contributed by atoms with van der Waals surface area (Å²) in [5.41, 5.74) is 0.550. The van der Waals surface area contributed by atoms with Gasteiger partial charge >= 0.3 is 5.97 Å². The highest BCUT2D eigenvalue weighted by atomic mass is 79.9. The van der Waals surface area contributed by atoms with Gasteiger partial charge in [0.05, 0.1) is 12.1 Å². The number of carbonyl (C=O) groups is 1. The zero-order valence-corrected chi connectivity index (χ0v) is 18.5. The molecule has 0 N–H and O–H groups in total. The molecule has 0 bridgehead atoms. The first-order valence-corrected chi connectivity index (χ1v) is 11.1. The summed E-state index contributed by atoms with van der Waals surface area (Å²) in [7, 11) is 0. The van der Waals surface area contributed by atoms with Gasteiger partial charge in [-0.1, -0.05) is 80.1 Å². The quantitative estimate of drug-likeness (QED) is 0.214. The van der Waals surface area contributed by atoms with Crippen LogP contribution in [0.25, 0.3) is 0 Å². The first-order valence-electron chi connectivity index (χ1n) is 10.3. The lowest BCUT2D eigenvalue weighted by Gasteiger charge is -2.19. The summed E-state index contributed by atoms with van der Waals surface area (Å²) < 4.78 is 6.17. The topological polar surface area (TPSA) is 29.5 Å². The van der Waals surface area contributed by atoms with Crippen molar-refractivity contribution < 1.29 is 9.53 Å². The second-order valence-corrected chi connectivity index (χ2v) is 7.75. The standard InChI is InChI=1S/C23H34BrNO2/c1-3-5-7-9-17-25(18-10-8-6-4-2)19-11-12-20-27-23(26)21-13-15-22(24)16-14-21/h13-16H,3-10,17-20H2,1-2H3. The lowest BCUT2D eigenvalue weighted by Crippen LogP contribution is -2.26. The van der Waals surface area contributed by atoms with E-state index >= 15 is 0 Å². The van der Waals surface area contributed by atoms with Crippen molar-refractivity contribution in [1.82, 2.24) is 4.90 Å². The monoisotopic (exact) mass is 435 g/mol. The maximum absolute atomic E-state index is 11.9. The minimum atomic E-state index is -0.326. The highest BCUT2D eigenvalue weighted by Crippen LogP contribution is 2.11. The molecule has 0 aliphatic heterocycles. The van der Waals surface area contributed by atoms with E-state index in [1.807, 2.05) is 12.1 Å². The fourth-order valence-corrected chi connectivity index (χ4v) is 3.05. The maximum atomic E-state index is 11.9. The number of carbonyl (C=O) groups excluding carboxylic acids is 1. The van der Waals surface area contributed by atoms with E-state index in [-0.39, 0.29) is 12.6 Å². The third-order valence-electron chi connectivity index (χ3n) is 4.44. The summed E-state index contributed by atoms with van der Waals surface area (Å²) in [4.78, 5) is 14.4. The molecule has 0 saturated heterocycles. The Morgan fingerprint density at radius 1 is 0.926 bits per heavy atom. The Bertz CT molecular complexity index is 562. The van der Waals surface area contributed by atoms with Gasteiger partial charge in [0.15, 0.2) is 6.61 Å². The van der Waals surface area contributed by atoms with Crippen molar-refractivity contribution in [3.63, 3.8) is 0 Å². The number of halogens is 1. The molecule has 0 unspecified atom stereocenters. The summed E-state index contributed by atoms with van der Waals surface area (Å²) in [5, 5.41) is 0. The third kappa shape index (κ3) is 11.9. The Morgan fingerprint density at radius 3 is 2.07 bits per heavy atom. The molecule has 0 aromatic heterocycles. The molecule has 0 amide bonds. The number of benzene rings is 1. The van der Waals surface area contributed by atoms with Gasteiger partial charge in [-0.15, -0.1) is 0 Å². The predicted molar refractivity (Wildman–Crippen MR) is 117 cm³/mol. The number of hydrogen-bond donors (Lipinski definition) is 0. The number of hydrogen-bond acceptors (Lipinski definition) is 3. The Morgan fingerprint density at radius 2 is 1.52 bits per heavy atom. The normalized spacial score (nSPS) is 10.5. The van der Waals surface area contributed by atoms with Crippen LogP contribution in [0.5, 0.6) is 0 Å². The van der Waals surface area contributed by atoms with Crippen LogP contribution in [-0.2, 0) is 4.74 Å². The minimum absolute atomic E-state index is 0.147. The highest BCUT2D eigenvalue weighted by Gasteiger charge is 2.05. The van der Waals surface area contributed by atoms with E-state index in [1.54, 1.807) is 12.1 Å². The van der Waals surface area contributed by atoms with E-state index in [9.17, 15) is 4.79 Å². The number of nitrogens with zero attached hydrogens (tertiary/aromatic N) is 1. The molecule has 0 heterocycles. The molecule has 0 radical (unpaired) electrons. The lowest BCUT2D eigenvalue weighted by atomic mass is 10.1. The van der Waals surface area contributed by atoms with Crippen molar-refractivity contribution in [3.8, 4) is 11.8 Å². The Labute approximate surface area is 174 Å². The molecule has 0 aliphatic carbocycles. The molecule has 0 saturated carbocycles. The summed E-state index contributed by atoms with van der Waals surface area (Å²) >= 11 is 3.35. The summed E-state index contributed by atoms with van der Waals surface area (Å²) in [6, 6.07) is 7.15. The van der Waals surface area contributed by atoms with Crippen LogP contribution in [0.1, 0.15) is 75.6 Å². The number of ether oxygens (including phenoxy) is 1. The van der Waals surface area contributed by atoms with Gasteiger partial charge < -0.3 is 4.74 Å². The first-order chi connectivity index (χ1) is 13.2. The number of esters is 1. The van der Waals surface area contributed by atoms with E-state index in [2.05, 4.69) is 46.5 Å². The molecule has 150 valence electrons. The van der Waals surface area contributed by atoms with Crippen LogP contribution in [0.3, 0.4) is 0 Å². The third-order valence-corrected chi connectivity index (χ3v) is 4.97. The summed E-state index contributed by atoms with van der Waals surface area (Å²) in [5.74, 6) is 5.84. The fourth-order valence-electron chi connectivity index (χ4n) is 2.78. The molecular formula is C23H34BrNO2. The molecule has 0 spiro atoms. The average Bonchev–Trinajstić information content (AvgIpc) is 2.68. The molecule has 1 rings (SSSR count). The van der Waals surface area contributed by atoms with E-state index in [1.165, 1.54) is 51.4 Å². The smallest absolute Gasteiger partial charge is 0.339 e. The van der Waals surface area contributed by atoms with Crippen LogP contribution in [-0.4, -0.2) is 37.1 Å². The lowest BCUT2D eigenvalue weighted by molar-refractivity contribution is 0.0556. The Hall–Kier alpha value is -1.31. The van der Waals surface area contributed by atoms with Gasteiger partial charge in [0.2, 0.25) is 0 Å². The Kier molecular flexibility index (Phi) is 13.8. The van der Waals surface area contributed by atoms with Gasteiger partial charge in [-0.2, -0.15) is 0 Å². The predicted octanol–water partition coefficient (Wildman–Crippen LogP) is 6.07. The molecule has 4 heteroatoms. The van der Waals surface area contributed by atoms with Crippen LogP contribution in [0.2, 0.25) is 0 Å². The number of unbranched alkanes of at least 4 members (excludes halogenated alkanes) is 6. The summed E-state index contributed by atoms with van der Waals surface area (Å²) in [6.07, 6.45) is 10.2.